The first-order valence-electron chi connectivity index (χ1n) is 9.82. The van der Waals surface area contributed by atoms with Gasteiger partial charge in [0.1, 0.15) is 0 Å². The monoisotopic (exact) mass is 504 g/mol. The molecule has 3 rings (SSSR count). The van der Waals surface area contributed by atoms with Crippen LogP contribution in [0.15, 0.2) is 52.3 Å². The van der Waals surface area contributed by atoms with Crippen LogP contribution in [0.2, 0.25) is 0 Å². The van der Waals surface area contributed by atoms with Gasteiger partial charge in [0.15, 0.2) is 0 Å². The fourth-order valence-corrected chi connectivity index (χ4v) is 4.46. The molecule has 12 heteroatoms. The number of nitrogens with two attached hydrogens (primary N) is 1. The summed E-state index contributed by atoms with van der Waals surface area (Å²) >= 11 is 0.348. The first-order chi connectivity index (χ1) is 15.9. The average Bonchev–Trinajstić information content (AvgIpc) is 2.77. The maximum atomic E-state index is 14.0. The summed E-state index contributed by atoms with van der Waals surface area (Å²) in [4.78, 5) is 24.4. The first-order valence-corrected chi connectivity index (χ1v) is 10.6. The van der Waals surface area contributed by atoms with Crippen LogP contribution in [0.3, 0.4) is 0 Å². The number of ether oxygens (including phenoxy) is 1. The van der Waals surface area contributed by atoms with Crippen LogP contribution >= 0.6 is 11.8 Å². The zero-order chi connectivity index (χ0) is 25.1. The van der Waals surface area contributed by atoms with Gasteiger partial charge in [0, 0.05) is 29.0 Å². The van der Waals surface area contributed by atoms with Crippen molar-refractivity contribution >= 4 is 29.7 Å². The van der Waals surface area contributed by atoms with Gasteiger partial charge in [-0.3, -0.25) is 9.59 Å². The molecule has 0 saturated carbocycles. The van der Waals surface area contributed by atoms with E-state index in [0.717, 1.165) is 24.3 Å². The lowest BCUT2D eigenvalue weighted by Gasteiger charge is -2.25. The Morgan fingerprint density at radius 2 is 1.53 bits per heavy atom. The number of nitrogens with zero attached hydrogens (tertiary/aromatic N) is 1. The van der Waals surface area contributed by atoms with Crippen LogP contribution in [0.25, 0.3) is 6.08 Å². The minimum atomic E-state index is -5.38. The molecule has 182 valence electrons. The smallest absolute Gasteiger partial charge is 0.378 e. The molecule has 1 saturated heterocycles. The number of carbonyl (C=O) groups is 2. The largest absolute Gasteiger partial charge is 0.418 e. The van der Waals surface area contributed by atoms with Gasteiger partial charge in [-0.15, -0.1) is 0 Å². The van der Waals surface area contributed by atoms with Gasteiger partial charge in [0.2, 0.25) is 11.8 Å². The first kappa shape index (κ1) is 25.6. The van der Waals surface area contributed by atoms with Crippen molar-refractivity contribution < 1.29 is 40.7 Å². The summed E-state index contributed by atoms with van der Waals surface area (Å²) in [6.07, 6.45) is -9.23. The second kappa shape index (κ2) is 10.1. The van der Waals surface area contributed by atoms with Crippen molar-refractivity contribution in [3.63, 3.8) is 0 Å². The number of carbonyl (C=O) groups excluding carboxylic acids is 2. The van der Waals surface area contributed by atoms with Crippen molar-refractivity contribution in [2.45, 2.75) is 22.1 Å². The Bertz CT molecular complexity index is 1110. The van der Waals surface area contributed by atoms with E-state index in [1.807, 2.05) is 0 Å². The lowest BCUT2D eigenvalue weighted by Crippen LogP contribution is -2.39. The third-order valence-electron chi connectivity index (χ3n) is 4.87. The van der Waals surface area contributed by atoms with E-state index in [9.17, 15) is 35.9 Å². The number of amides is 2. The molecule has 5 nitrogen and oxygen atoms in total. The summed E-state index contributed by atoms with van der Waals surface area (Å²) in [5.41, 5.74) is 0.461. The van der Waals surface area contributed by atoms with Crippen molar-refractivity contribution in [1.29, 1.82) is 0 Å². The van der Waals surface area contributed by atoms with Crippen molar-refractivity contribution in [3.8, 4) is 0 Å². The molecule has 0 aromatic heterocycles. The highest BCUT2D eigenvalue weighted by Crippen LogP contribution is 2.48. The Labute approximate surface area is 194 Å². The van der Waals surface area contributed by atoms with Gasteiger partial charge in [0.25, 0.3) is 0 Å². The molecule has 1 heterocycles. The third kappa shape index (κ3) is 5.92. The van der Waals surface area contributed by atoms with Gasteiger partial charge in [-0.25, -0.2) is 0 Å². The SMILES string of the molecule is NC(=O)c1ccccc1Sc1ccc(C=CC(=O)N2CCOCC2)c(C(F)(F)F)c1C(F)(F)F. The fraction of sp³-hybridized carbons (Fsp3) is 0.273. The topological polar surface area (TPSA) is 72.6 Å². The van der Waals surface area contributed by atoms with E-state index in [1.165, 1.54) is 29.2 Å². The molecule has 2 aromatic carbocycles. The summed E-state index contributed by atoms with van der Waals surface area (Å²) in [7, 11) is 0. The lowest BCUT2D eigenvalue weighted by atomic mass is 9.99. The molecule has 1 aliphatic heterocycles. The highest BCUT2D eigenvalue weighted by Gasteiger charge is 2.46. The Morgan fingerprint density at radius 3 is 2.12 bits per heavy atom. The normalized spacial score (nSPS) is 15.1. The highest BCUT2D eigenvalue weighted by molar-refractivity contribution is 7.99. The van der Waals surface area contributed by atoms with Gasteiger partial charge in [-0.1, -0.05) is 30.0 Å². The molecule has 0 atom stereocenters. The van der Waals surface area contributed by atoms with E-state index >= 15 is 0 Å². The van der Waals surface area contributed by atoms with Crippen LogP contribution in [-0.2, 0) is 21.9 Å². The average molecular weight is 504 g/mol. The maximum absolute atomic E-state index is 14.0. The van der Waals surface area contributed by atoms with Gasteiger partial charge in [0.05, 0.1) is 29.9 Å². The zero-order valence-electron chi connectivity index (χ0n) is 17.4. The molecule has 1 fully saturated rings. The number of rotatable bonds is 5. The standard InChI is InChI=1S/C22H18F6N2O3S/c23-21(24,25)18-13(6-8-17(31)30-9-11-33-12-10-30)5-7-16(19(18)22(26,27)28)34-15-4-2-1-3-14(15)20(29)32/h1-8H,9-12H2,(H2,29,32). The van der Waals surface area contributed by atoms with E-state index in [1.54, 1.807) is 0 Å². The quantitative estimate of drug-likeness (QED) is 0.467. The maximum Gasteiger partial charge on any atom is 0.418 e. The van der Waals surface area contributed by atoms with Crippen LogP contribution < -0.4 is 5.73 Å². The Morgan fingerprint density at radius 1 is 0.912 bits per heavy atom. The van der Waals surface area contributed by atoms with Crippen molar-refractivity contribution in [2.24, 2.45) is 5.73 Å². The van der Waals surface area contributed by atoms with Gasteiger partial charge in [-0.05, 0) is 29.8 Å². The summed E-state index contributed by atoms with van der Waals surface area (Å²) in [6.45, 7) is 0.949. The molecule has 2 amide bonds. The van der Waals surface area contributed by atoms with Crippen LogP contribution in [0.4, 0.5) is 26.3 Å². The van der Waals surface area contributed by atoms with E-state index in [2.05, 4.69) is 0 Å². The van der Waals surface area contributed by atoms with Crippen molar-refractivity contribution in [2.75, 3.05) is 26.3 Å². The molecular formula is C22H18F6N2O3S. The number of halogens is 6. The van der Waals surface area contributed by atoms with Gasteiger partial charge < -0.3 is 15.4 Å². The van der Waals surface area contributed by atoms with E-state index in [4.69, 9.17) is 10.5 Å². The van der Waals surface area contributed by atoms with Crippen molar-refractivity contribution in [3.05, 3.63) is 64.7 Å². The molecule has 34 heavy (non-hydrogen) atoms. The minimum Gasteiger partial charge on any atom is -0.378 e. The van der Waals surface area contributed by atoms with Gasteiger partial charge >= 0.3 is 12.4 Å². The lowest BCUT2D eigenvalue weighted by molar-refractivity contribution is -0.163. The highest BCUT2D eigenvalue weighted by atomic mass is 32.2. The molecular weight excluding hydrogens is 486 g/mol. The summed E-state index contributed by atoms with van der Waals surface area (Å²) in [5, 5.41) is 0. The molecule has 0 bridgehead atoms. The molecule has 1 aliphatic rings. The van der Waals surface area contributed by atoms with Crippen LogP contribution in [0, 0.1) is 0 Å². The summed E-state index contributed by atoms with van der Waals surface area (Å²) in [6, 6.07) is 7.12. The summed E-state index contributed by atoms with van der Waals surface area (Å²) in [5.74, 6) is -1.58. The predicted molar refractivity (Wildman–Crippen MR) is 112 cm³/mol. The minimum absolute atomic E-state index is 0.0283. The number of alkyl halides is 6. The third-order valence-corrected chi connectivity index (χ3v) is 6.00. The number of benzene rings is 2. The number of hydrogen-bond donors (Lipinski definition) is 1. The Balaban J connectivity index is 2.10. The van der Waals surface area contributed by atoms with Gasteiger partial charge in [-0.2, -0.15) is 26.3 Å². The summed E-state index contributed by atoms with van der Waals surface area (Å²) < 4.78 is 88.7. The van der Waals surface area contributed by atoms with Crippen LogP contribution in [0.1, 0.15) is 27.0 Å². The van der Waals surface area contributed by atoms with E-state index in [-0.39, 0.29) is 36.8 Å². The molecule has 0 aliphatic carbocycles. The molecule has 0 radical (unpaired) electrons. The fourth-order valence-electron chi connectivity index (χ4n) is 3.34. The number of morpholine rings is 1. The molecule has 2 N–H and O–H groups in total. The van der Waals surface area contributed by atoms with E-state index in [0.29, 0.717) is 11.8 Å². The second-order valence-corrected chi connectivity index (χ2v) is 8.22. The number of primary amides is 1. The van der Waals surface area contributed by atoms with E-state index < -0.39 is 45.8 Å². The second-order valence-electron chi connectivity index (χ2n) is 7.13. The molecule has 2 aromatic rings. The Hall–Kier alpha value is -2.99. The number of hydrogen-bond acceptors (Lipinski definition) is 4. The van der Waals surface area contributed by atoms with Crippen molar-refractivity contribution in [1.82, 2.24) is 4.90 Å². The molecule has 0 unspecified atom stereocenters. The zero-order valence-corrected chi connectivity index (χ0v) is 18.2. The predicted octanol–water partition coefficient (Wildman–Crippen LogP) is 4.85. The Kier molecular flexibility index (Phi) is 7.61. The van der Waals surface area contributed by atoms with Crippen LogP contribution in [-0.4, -0.2) is 43.0 Å². The van der Waals surface area contributed by atoms with Crippen LogP contribution in [0.5, 0.6) is 0 Å². The molecule has 0 spiro atoms.